The highest BCUT2D eigenvalue weighted by molar-refractivity contribution is 5.79. The van der Waals surface area contributed by atoms with Crippen LogP contribution in [0.5, 0.6) is 5.75 Å². The van der Waals surface area contributed by atoms with Crippen LogP contribution in [0.4, 0.5) is 0 Å². The zero-order valence-electron chi connectivity index (χ0n) is 16.4. The van der Waals surface area contributed by atoms with Gasteiger partial charge in [0.15, 0.2) is 0 Å². The molecule has 2 rings (SSSR count). The lowest BCUT2D eigenvalue weighted by Crippen LogP contribution is -2.41. The number of amides is 1. The van der Waals surface area contributed by atoms with Gasteiger partial charge in [-0.3, -0.25) is 9.63 Å². The number of hydrogen-bond donors (Lipinski definition) is 2. The number of benzene rings is 1. The second-order valence-corrected chi connectivity index (χ2v) is 8.97. The van der Waals surface area contributed by atoms with Crippen molar-refractivity contribution in [3.05, 3.63) is 28.8 Å². The summed E-state index contributed by atoms with van der Waals surface area (Å²) < 4.78 is 0. The standard InChI is InChI=1S/C20H31NO4/c1-19(2,3)14-10-12(11-15(17(14)23)20(4,5)6)16(22)13-8-9-25-21(7)18(13)24/h10-11,13,16,22-23H,8-9H2,1-7H3. The maximum atomic E-state index is 12.4. The maximum Gasteiger partial charge on any atom is 0.252 e. The van der Waals surface area contributed by atoms with Crippen molar-refractivity contribution in [1.29, 1.82) is 0 Å². The van der Waals surface area contributed by atoms with Gasteiger partial charge in [0, 0.05) is 7.05 Å². The lowest BCUT2D eigenvalue weighted by molar-refractivity contribution is -0.203. The molecule has 1 heterocycles. The first kappa shape index (κ1) is 19.7. The van der Waals surface area contributed by atoms with Crippen LogP contribution in [-0.2, 0) is 20.5 Å². The zero-order chi connectivity index (χ0) is 19.2. The molecule has 1 aliphatic rings. The molecule has 1 amide bonds. The summed E-state index contributed by atoms with van der Waals surface area (Å²) in [6.45, 7) is 12.6. The van der Waals surface area contributed by atoms with Crippen LogP contribution < -0.4 is 0 Å². The highest BCUT2D eigenvalue weighted by Gasteiger charge is 2.36. The Hall–Kier alpha value is -1.59. The average molecular weight is 349 g/mol. The van der Waals surface area contributed by atoms with E-state index in [2.05, 4.69) is 0 Å². The first-order chi connectivity index (χ1) is 11.3. The Morgan fingerprint density at radius 3 is 2.04 bits per heavy atom. The van der Waals surface area contributed by atoms with Gasteiger partial charge >= 0.3 is 0 Å². The minimum atomic E-state index is -0.929. The predicted molar refractivity (Wildman–Crippen MR) is 97.3 cm³/mol. The molecule has 0 bridgehead atoms. The van der Waals surface area contributed by atoms with Gasteiger partial charge in [-0.2, -0.15) is 0 Å². The molecule has 5 heteroatoms. The molecular formula is C20H31NO4. The largest absolute Gasteiger partial charge is 0.507 e. The molecule has 2 unspecified atom stereocenters. The highest BCUT2D eigenvalue weighted by atomic mass is 16.7. The monoisotopic (exact) mass is 349 g/mol. The highest BCUT2D eigenvalue weighted by Crippen LogP contribution is 2.42. The van der Waals surface area contributed by atoms with Gasteiger partial charge in [-0.15, -0.1) is 0 Å². The molecule has 1 aromatic rings. The second-order valence-electron chi connectivity index (χ2n) is 8.97. The van der Waals surface area contributed by atoms with Gasteiger partial charge in [-0.1, -0.05) is 41.5 Å². The minimum Gasteiger partial charge on any atom is -0.507 e. The van der Waals surface area contributed by atoms with E-state index in [0.717, 1.165) is 11.1 Å². The molecule has 1 aliphatic heterocycles. The number of hydrogen-bond acceptors (Lipinski definition) is 4. The Bertz CT molecular complexity index is 620. The molecular weight excluding hydrogens is 318 g/mol. The van der Waals surface area contributed by atoms with Crippen molar-refractivity contribution in [3.8, 4) is 5.75 Å². The molecule has 2 N–H and O–H groups in total. The summed E-state index contributed by atoms with van der Waals surface area (Å²) in [7, 11) is 1.57. The van der Waals surface area contributed by atoms with Crippen LogP contribution in [0.25, 0.3) is 0 Å². The Labute approximate surface area is 150 Å². The minimum absolute atomic E-state index is 0.221. The van der Waals surface area contributed by atoms with E-state index in [1.807, 2.05) is 53.7 Å². The number of phenols is 1. The van der Waals surface area contributed by atoms with Gasteiger partial charge in [0.25, 0.3) is 5.91 Å². The molecule has 0 spiro atoms. The van der Waals surface area contributed by atoms with Crippen molar-refractivity contribution in [3.63, 3.8) is 0 Å². The van der Waals surface area contributed by atoms with Crippen molar-refractivity contribution in [1.82, 2.24) is 5.06 Å². The van der Waals surface area contributed by atoms with Crippen LogP contribution >= 0.6 is 0 Å². The SMILES string of the molecule is CN1OCCC(C(O)c2cc(C(C)(C)C)c(O)c(C(C)(C)C)c2)C1=O. The van der Waals surface area contributed by atoms with Gasteiger partial charge in [-0.25, -0.2) is 5.06 Å². The molecule has 1 fully saturated rings. The fourth-order valence-electron chi connectivity index (χ4n) is 3.23. The number of carbonyl (C=O) groups is 1. The van der Waals surface area contributed by atoms with Crippen LogP contribution in [0.3, 0.4) is 0 Å². The number of hydroxylamine groups is 2. The quantitative estimate of drug-likeness (QED) is 0.858. The van der Waals surface area contributed by atoms with Gasteiger partial charge in [-0.05, 0) is 46.1 Å². The van der Waals surface area contributed by atoms with Crippen LogP contribution in [0.15, 0.2) is 12.1 Å². The van der Waals surface area contributed by atoms with Crippen molar-refractivity contribution >= 4 is 5.91 Å². The van der Waals surface area contributed by atoms with E-state index in [4.69, 9.17) is 4.84 Å². The number of carbonyl (C=O) groups excluding carboxylic acids is 1. The van der Waals surface area contributed by atoms with Gasteiger partial charge in [0.05, 0.1) is 18.6 Å². The van der Waals surface area contributed by atoms with Crippen LogP contribution in [-0.4, -0.2) is 34.8 Å². The summed E-state index contributed by atoms with van der Waals surface area (Å²) in [5.74, 6) is -0.489. The molecule has 2 atom stereocenters. The number of phenolic OH excluding ortho intramolecular Hbond substituents is 1. The topological polar surface area (TPSA) is 70.0 Å². The first-order valence-electron chi connectivity index (χ1n) is 8.80. The number of aliphatic hydroxyl groups excluding tert-OH is 1. The zero-order valence-corrected chi connectivity index (χ0v) is 16.4. The lowest BCUT2D eigenvalue weighted by atomic mass is 9.77. The van der Waals surface area contributed by atoms with E-state index in [1.54, 1.807) is 7.05 Å². The molecule has 1 saturated heterocycles. The fourth-order valence-corrected chi connectivity index (χ4v) is 3.23. The van der Waals surface area contributed by atoms with Crippen molar-refractivity contribution in [2.24, 2.45) is 5.92 Å². The fraction of sp³-hybridized carbons (Fsp3) is 0.650. The van der Waals surface area contributed by atoms with Gasteiger partial charge in [0.1, 0.15) is 5.75 Å². The average Bonchev–Trinajstić information content (AvgIpc) is 2.47. The Kier molecular flexibility index (Phi) is 5.22. The molecule has 0 aromatic heterocycles. The lowest BCUT2D eigenvalue weighted by Gasteiger charge is -2.33. The predicted octanol–water partition coefficient (Wildman–Crippen LogP) is 3.43. The smallest absolute Gasteiger partial charge is 0.252 e. The van der Waals surface area contributed by atoms with Gasteiger partial charge in [0.2, 0.25) is 0 Å². The van der Waals surface area contributed by atoms with Gasteiger partial charge < -0.3 is 10.2 Å². The number of rotatable bonds is 2. The van der Waals surface area contributed by atoms with Crippen LogP contribution in [0.2, 0.25) is 0 Å². The summed E-state index contributed by atoms with van der Waals surface area (Å²) in [4.78, 5) is 17.6. The molecule has 25 heavy (non-hydrogen) atoms. The van der Waals surface area contributed by atoms with E-state index < -0.39 is 12.0 Å². The summed E-state index contributed by atoms with van der Waals surface area (Å²) in [5, 5.41) is 22.9. The van der Waals surface area contributed by atoms with Crippen LogP contribution in [0.1, 0.15) is 70.8 Å². The normalized spacial score (nSPS) is 20.7. The molecule has 5 nitrogen and oxygen atoms in total. The Balaban J connectivity index is 2.55. The first-order valence-corrected chi connectivity index (χ1v) is 8.80. The summed E-state index contributed by atoms with van der Waals surface area (Å²) in [6.07, 6.45) is -0.456. The summed E-state index contributed by atoms with van der Waals surface area (Å²) in [5.41, 5.74) is 1.66. The summed E-state index contributed by atoms with van der Waals surface area (Å²) in [6, 6.07) is 3.66. The second kappa shape index (κ2) is 6.61. The third-order valence-electron chi connectivity index (χ3n) is 4.81. The number of nitrogens with zero attached hydrogens (tertiary/aromatic N) is 1. The van der Waals surface area contributed by atoms with Crippen molar-refractivity contribution in [2.45, 2.75) is 64.9 Å². The Morgan fingerprint density at radius 1 is 1.12 bits per heavy atom. The van der Waals surface area contributed by atoms with E-state index >= 15 is 0 Å². The molecule has 0 saturated carbocycles. The number of aromatic hydroxyl groups is 1. The van der Waals surface area contributed by atoms with E-state index in [1.165, 1.54) is 5.06 Å². The summed E-state index contributed by atoms with van der Waals surface area (Å²) >= 11 is 0. The van der Waals surface area contributed by atoms with E-state index in [0.29, 0.717) is 18.6 Å². The molecule has 140 valence electrons. The Morgan fingerprint density at radius 2 is 1.60 bits per heavy atom. The molecule has 1 aromatic carbocycles. The number of aliphatic hydroxyl groups is 1. The third kappa shape index (κ3) is 3.98. The molecule has 0 radical (unpaired) electrons. The van der Waals surface area contributed by atoms with E-state index in [-0.39, 0.29) is 22.5 Å². The molecule has 0 aliphatic carbocycles. The van der Waals surface area contributed by atoms with Crippen molar-refractivity contribution in [2.75, 3.05) is 13.7 Å². The van der Waals surface area contributed by atoms with Crippen LogP contribution in [0, 0.1) is 5.92 Å². The maximum absolute atomic E-state index is 12.4. The van der Waals surface area contributed by atoms with E-state index in [9.17, 15) is 15.0 Å². The van der Waals surface area contributed by atoms with Crippen molar-refractivity contribution < 1.29 is 19.8 Å². The third-order valence-corrected chi connectivity index (χ3v) is 4.81.